The van der Waals surface area contributed by atoms with E-state index in [1.165, 1.54) is 12.8 Å². The van der Waals surface area contributed by atoms with Gasteiger partial charge in [0, 0.05) is 0 Å². The second-order valence-electron chi connectivity index (χ2n) is 2.18. The summed E-state index contributed by atoms with van der Waals surface area (Å²) in [6.07, 6.45) is 4.69. The zero-order valence-electron chi connectivity index (χ0n) is 8.09. The van der Waals surface area contributed by atoms with Crippen molar-refractivity contribution >= 4 is 0 Å². The van der Waals surface area contributed by atoms with Crippen LogP contribution < -0.4 is 0 Å². The minimum atomic E-state index is 0. The van der Waals surface area contributed by atoms with Gasteiger partial charge in [-0.2, -0.15) is 49.2 Å². The van der Waals surface area contributed by atoms with Crippen molar-refractivity contribution in [1.29, 1.82) is 0 Å². The van der Waals surface area contributed by atoms with Crippen LogP contribution in [0.4, 0.5) is 0 Å². The molecule has 0 spiro atoms. The maximum Gasteiger partial charge on any atom is 2.00 e. The van der Waals surface area contributed by atoms with Gasteiger partial charge in [0.15, 0.2) is 0 Å². The smallest absolute Gasteiger partial charge is 0.329 e. The molecule has 1 heteroatoms. The summed E-state index contributed by atoms with van der Waals surface area (Å²) in [5.41, 5.74) is 0. The van der Waals surface area contributed by atoms with Crippen LogP contribution in [0.15, 0.2) is 30.3 Å². The van der Waals surface area contributed by atoms with E-state index in [0.717, 1.165) is 0 Å². The molecule has 0 saturated heterocycles. The first-order chi connectivity index (χ1) is 5.41. The number of unbranched alkanes of at least 4 members (excludes halogenated alkanes) is 2. The molecule has 0 aliphatic heterocycles. The minimum absolute atomic E-state index is 0. The molecule has 1 rings (SSSR count). The first kappa shape index (κ1) is 14.4. The minimum Gasteiger partial charge on any atom is -0.329 e. The van der Waals surface area contributed by atoms with E-state index in [2.05, 4.69) is 26.3 Å². The second kappa shape index (κ2) is 13.4. The van der Waals surface area contributed by atoms with Crippen molar-refractivity contribution in [2.24, 2.45) is 0 Å². The van der Waals surface area contributed by atoms with E-state index < -0.39 is 0 Å². The van der Waals surface area contributed by atoms with Gasteiger partial charge in [0.05, 0.1) is 0 Å². The van der Waals surface area contributed by atoms with Crippen molar-refractivity contribution in [3.8, 4) is 0 Å². The number of benzene rings is 1. The largest absolute Gasteiger partial charge is 2.00 e. The van der Waals surface area contributed by atoms with E-state index in [0.29, 0.717) is 0 Å². The van der Waals surface area contributed by atoms with Gasteiger partial charge in [-0.25, -0.2) is 0 Å². The molecule has 0 amide bonds. The average Bonchev–Trinajstić information content (AvgIpc) is 2.10. The molecular weight excluding hydrogens is 198 g/mol. The molecule has 1 aromatic carbocycles. The Hall–Kier alpha value is -0.157. The van der Waals surface area contributed by atoms with Crippen molar-refractivity contribution in [3.05, 3.63) is 42.8 Å². The Bertz CT molecular complexity index is 108. The molecule has 1 aromatic rings. The van der Waals surface area contributed by atoms with Crippen molar-refractivity contribution in [2.45, 2.75) is 26.7 Å². The topological polar surface area (TPSA) is 0 Å². The normalized spacial score (nSPS) is 7.50. The molecule has 62 valence electrons. The van der Waals surface area contributed by atoms with Gasteiger partial charge >= 0.3 is 19.5 Å². The molecule has 0 nitrogen and oxygen atoms in total. The van der Waals surface area contributed by atoms with Crippen molar-refractivity contribution in [1.82, 2.24) is 0 Å². The summed E-state index contributed by atoms with van der Waals surface area (Å²) in [7, 11) is 0. The van der Waals surface area contributed by atoms with Crippen LogP contribution in [0.5, 0.6) is 0 Å². The fourth-order valence-corrected chi connectivity index (χ4v) is 0.631. The fourth-order valence-electron chi connectivity index (χ4n) is 0.631. The molecule has 0 aliphatic rings. The predicted molar refractivity (Wildman–Crippen MR) is 50.2 cm³/mol. The summed E-state index contributed by atoms with van der Waals surface area (Å²) in [5.74, 6) is 0. The van der Waals surface area contributed by atoms with E-state index in [4.69, 9.17) is 0 Å². The Labute approximate surface area is 89.1 Å². The molecule has 0 atom stereocenters. The summed E-state index contributed by atoms with van der Waals surface area (Å²) in [6, 6.07) is 12.5. The van der Waals surface area contributed by atoms with E-state index in [-0.39, 0.29) is 19.5 Å². The van der Waals surface area contributed by atoms with Crippen molar-refractivity contribution in [2.75, 3.05) is 0 Å². The van der Waals surface area contributed by atoms with Gasteiger partial charge in [-0.3, -0.25) is 0 Å². The quantitative estimate of drug-likeness (QED) is 0.521. The van der Waals surface area contributed by atoms with E-state index in [1.807, 2.05) is 30.3 Å². The monoisotopic (exact) mass is 212 g/mol. The zero-order chi connectivity index (χ0) is 8.36. The molecule has 0 unspecified atom stereocenters. The fraction of sp³-hybridized carbons (Fsp3) is 0.364. The Morgan fingerprint density at radius 3 is 1.58 bits per heavy atom. The SMILES string of the molecule is CC[CH-]CC.[Zn+2].[c-]1ccccc1. The van der Waals surface area contributed by atoms with E-state index in [1.54, 1.807) is 0 Å². The van der Waals surface area contributed by atoms with Crippen molar-refractivity contribution < 1.29 is 19.5 Å². The van der Waals surface area contributed by atoms with Gasteiger partial charge in [-0.05, 0) is 0 Å². The molecule has 0 heterocycles. The molecule has 0 N–H and O–H groups in total. The summed E-state index contributed by atoms with van der Waals surface area (Å²) >= 11 is 0. The van der Waals surface area contributed by atoms with E-state index >= 15 is 0 Å². The third-order valence-electron chi connectivity index (χ3n) is 1.18. The molecule has 0 radical (unpaired) electrons. The Kier molecular flexibility index (Phi) is 16.1. The number of hydrogen-bond acceptors (Lipinski definition) is 0. The molecule has 0 fully saturated rings. The summed E-state index contributed by atoms with van der Waals surface area (Å²) in [6.45, 7) is 4.31. The van der Waals surface area contributed by atoms with Gasteiger partial charge in [-0.1, -0.05) is 13.8 Å². The Balaban J connectivity index is 0. The van der Waals surface area contributed by atoms with Crippen LogP contribution in [-0.2, 0) is 19.5 Å². The predicted octanol–water partition coefficient (Wildman–Crippen LogP) is 3.49. The van der Waals surface area contributed by atoms with Gasteiger partial charge < -0.3 is 6.42 Å². The maximum atomic E-state index is 2.89. The second-order valence-corrected chi connectivity index (χ2v) is 2.18. The molecular formula is C11H16Zn. The summed E-state index contributed by atoms with van der Waals surface area (Å²) < 4.78 is 0. The molecule has 12 heavy (non-hydrogen) atoms. The van der Waals surface area contributed by atoms with Crippen LogP contribution in [0.2, 0.25) is 0 Å². The zero-order valence-corrected chi connectivity index (χ0v) is 11.1. The van der Waals surface area contributed by atoms with Crippen LogP contribution in [0.25, 0.3) is 0 Å². The van der Waals surface area contributed by atoms with Gasteiger partial charge in [-0.15, -0.1) is 0 Å². The van der Waals surface area contributed by atoms with Crippen LogP contribution in [0, 0.1) is 12.5 Å². The average molecular weight is 214 g/mol. The number of rotatable bonds is 2. The van der Waals surface area contributed by atoms with Crippen LogP contribution >= 0.6 is 0 Å². The molecule has 0 bridgehead atoms. The molecule has 0 saturated carbocycles. The Morgan fingerprint density at radius 1 is 1.00 bits per heavy atom. The molecule has 0 aliphatic carbocycles. The first-order valence-electron chi connectivity index (χ1n) is 4.14. The Morgan fingerprint density at radius 2 is 1.50 bits per heavy atom. The van der Waals surface area contributed by atoms with Gasteiger partial charge in [0.2, 0.25) is 0 Å². The summed E-state index contributed by atoms with van der Waals surface area (Å²) in [4.78, 5) is 0. The van der Waals surface area contributed by atoms with E-state index in [9.17, 15) is 0 Å². The first-order valence-corrected chi connectivity index (χ1v) is 4.14. The van der Waals surface area contributed by atoms with Gasteiger partial charge in [0.1, 0.15) is 0 Å². The standard InChI is InChI=1S/C6H5.C5H11.Zn/c1-2-4-6-5-3-1;1-3-5-4-2;/h1-5H;5H,3-4H2,1-2H3;/q2*-1;+2. The van der Waals surface area contributed by atoms with Crippen LogP contribution in [0.3, 0.4) is 0 Å². The number of hydrogen-bond donors (Lipinski definition) is 0. The van der Waals surface area contributed by atoms with Crippen LogP contribution in [-0.4, -0.2) is 0 Å². The third kappa shape index (κ3) is 12.5. The van der Waals surface area contributed by atoms with Gasteiger partial charge in [0.25, 0.3) is 0 Å². The summed E-state index contributed by atoms with van der Waals surface area (Å²) in [5, 5.41) is 0. The van der Waals surface area contributed by atoms with Crippen LogP contribution in [0.1, 0.15) is 26.7 Å². The van der Waals surface area contributed by atoms with Crippen molar-refractivity contribution in [3.63, 3.8) is 0 Å². The third-order valence-corrected chi connectivity index (χ3v) is 1.18. The molecule has 0 aromatic heterocycles. The maximum absolute atomic E-state index is 2.89.